The Kier molecular flexibility index (Phi) is 36.8. The second kappa shape index (κ2) is 47.1. The summed E-state index contributed by atoms with van der Waals surface area (Å²) < 4.78 is 40.8. The molecule has 0 saturated carbocycles. The molecule has 1 aromatic carbocycles. The lowest BCUT2D eigenvalue weighted by Gasteiger charge is -2.24. The van der Waals surface area contributed by atoms with E-state index < -0.39 is 47.4 Å². The predicted molar refractivity (Wildman–Crippen MR) is 443 cm³/mol. The number of hydrogen-bond donors (Lipinski definition) is 12. The molecule has 12 N–H and O–H groups in total. The fourth-order valence-electron chi connectivity index (χ4n) is 11.9. The fourth-order valence-corrected chi connectivity index (χ4v) is 13.2. The van der Waals surface area contributed by atoms with E-state index in [0.717, 1.165) is 39.5 Å². The van der Waals surface area contributed by atoms with Gasteiger partial charge in [0.2, 0.25) is 41.2 Å². The number of halogens is 1. The number of benzene rings is 1. The molecule has 0 fully saturated rings. The average molecular weight is 1680 g/mol. The molecule has 0 saturated heterocycles. The van der Waals surface area contributed by atoms with Crippen LogP contribution < -0.4 is 58.1 Å². The minimum atomic E-state index is -0.829. The van der Waals surface area contributed by atoms with Crippen molar-refractivity contribution in [2.24, 2.45) is 40.2 Å². The molecule has 41 heteroatoms. The van der Waals surface area contributed by atoms with E-state index in [2.05, 4.69) is 73.0 Å². The van der Waals surface area contributed by atoms with Crippen LogP contribution in [0.25, 0.3) is 0 Å². The second-order valence-electron chi connectivity index (χ2n) is 27.4. The molecule has 0 aliphatic carbocycles. The van der Waals surface area contributed by atoms with Crippen molar-refractivity contribution in [1.82, 2.24) is 74.6 Å². The Morgan fingerprint density at radius 3 is 1.45 bits per heavy atom. The Balaban J connectivity index is 0.558. The highest BCUT2D eigenvalue weighted by Crippen LogP contribution is 2.40. The van der Waals surface area contributed by atoms with Crippen molar-refractivity contribution < 1.29 is 76.4 Å². The number of rotatable bonds is 50. The molecule has 118 heavy (non-hydrogen) atoms. The number of carbonyl (C=O) groups excluding carboxylic acids is 10. The van der Waals surface area contributed by atoms with Gasteiger partial charge in [0.25, 0.3) is 29.5 Å². The van der Waals surface area contributed by atoms with Crippen LogP contribution in [-0.2, 0) is 87.6 Å². The van der Waals surface area contributed by atoms with E-state index in [-0.39, 0.29) is 147 Å². The number of aromatic nitrogens is 8. The number of amides is 10. The summed E-state index contributed by atoms with van der Waals surface area (Å²) in [6.45, 7) is 12.4. The molecule has 1 aliphatic rings. The van der Waals surface area contributed by atoms with Gasteiger partial charge in [0.05, 0.1) is 103 Å². The summed E-state index contributed by atoms with van der Waals surface area (Å²) in [5.41, 5.74) is 4.36. The van der Waals surface area contributed by atoms with Crippen LogP contribution in [0.2, 0.25) is 5.02 Å². The first kappa shape index (κ1) is 92.1. The molecule has 10 amide bonds. The molecular weight excluding hydrogens is 1570 g/mol. The van der Waals surface area contributed by atoms with Crippen LogP contribution >= 0.6 is 22.9 Å². The van der Waals surface area contributed by atoms with Crippen LogP contribution in [0.1, 0.15) is 126 Å². The van der Waals surface area contributed by atoms with Gasteiger partial charge in [-0.3, -0.25) is 68.7 Å². The van der Waals surface area contributed by atoms with Crippen molar-refractivity contribution in [3.63, 3.8) is 0 Å². The molecule has 0 unspecified atom stereocenters. The first-order valence-corrected chi connectivity index (χ1v) is 39.6. The van der Waals surface area contributed by atoms with Crippen LogP contribution in [0.3, 0.4) is 0 Å². The quantitative estimate of drug-likeness (QED) is 0.0147. The minimum Gasteiger partial charge on any atom is -0.379 e. The number of fused-ring (bicyclic) bond motifs is 1. The van der Waals surface area contributed by atoms with E-state index in [1.807, 2.05) is 33.0 Å². The topological polar surface area (TPSA) is 476 Å². The van der Waals surface area contributed by atoms with Gasteiger partial charge < -0.3 is 109 Å². The summed E-state index contributed by atoms with van der Waals surface area (Å²) >= 11 is 7.70. The van der Waals surface area contributed by atoms with E-state index in [4.69, 9.17) is 55.8 Å². The Morgan fingerprint density at radius 1 is 0.508 bits per heavy atom. The number of imidazole rings is 3. The van der Waals surface area contributed by atoms with E-state index in [9.17, 15) is 47.9 Å². The molecule has 0 bridgehead atoms. The van der Waals surface area contributed by atoms with Crippen molar-refractivity contribution in [1.29, 1.82) is 10.8 Å². The highest BCUT2D eigenvalue weighted by molar-refractivity contribution is 7.17. The molecule has 0 radical (unpaired) electrons. The molecule has 638 valence electrons. The molecular formula is C77H106ClN23O16S. The number of aliphatic imine (C=N–C) groups is 1. The Morgan fingerprint density at radius 2 is 0.958 bits per heavy atom. The zero-order valence-corrected chi connectivity index (χ0v) is 69.4. The zero-order valence-electron chi connectivity index (χ0n) is 67.8. The van der Waals surface area contributed by atoms with Gasteiger partial charge >= 0.3 is 0 Å². The number of thiophene rings is 1. The summed E-state index contributed by atoms with van der Waals surface area (Å²) in [5, 5.41) is 46.2. The van der Waals surface area contributed by atoms with Gasteiger partial charge in [-0.1, -0.05) is 23.7 Å². The predicted octanol–water partition coefficient (Wildman–Crippen LogP) is 3.68. The number of carbonyl (C=O) groups is 10. The molecule has 7 aromatic rings. The average Bonchev–Trinajstić information content (AvgIpc) is 1.60. The maximum absolute atomic E-state index is 13.3. The van der Waals surface area contributed by atoms with Crippen LogP contribution in [-0.4, -0.2) is 264 Å². The van der Waals surface area contributed by atoms with E-state index in [0.29, 0.717) is 109 Å². The lowest BCUT2D eigenvalue weighted by molar-refractivity contribution is -0.122. The van der Waals surface area contributed by atoms with E-state index >= 15 is 0 Å². The number of aryl methyl sites for hydroxylation is 6. The summed E-state index contributed by atoms with van der Waals surface area (Å²) in [7, 11) is 10.0. The Hall–Kier alpha value is -11.4. The molecule has 6 aromatic heterocycles. The largest absolute Gasteiger partial charge is 0.379 e. The third-order valence-corrected chi connectivity index (χ3v) is 19.5. The molecule has 39 nitrogen and oxygen atoms in total. The number of nitrogens with zero attached hydrogens (tertiary/aromatic N) is 11. The van der Waals surface area contributed by atoms with E-state index in [1.54, 1.807) is 76.2 Å². The Labute approximate surface area is 691 Å². The molecule has 1 atom stereocenters. The molecule has 8 rings (SSSR count). The summed E-state index contributed by atoms with van der Waals surface area (Å²) in [5.74, 6) is -3.76. The summed E-state index contributed by atoms with van der Waals surface area (Å²) in [6.07, 6.45) is 10.4. The third-order valence-electron chi connectivity index (χ3n) is 18.1. The molecule has 0 spiro atoms. The van der Waals surface area contributed by atoms with Gasteiger partial charge in [-0.05, 0) is 83.6 Å². The maximum atomic E-state index is 13.3. The Bertz CT molecular complexity index is 4660. The van der Waals surface area contributed by atoms with Gasteiger partial charge in [0.1, 0.15) is 34.1 Å². The first-order valence-electron chi connectivity index (χ1n) is 38.4. The SMILES string of the molecule is CC(=N)N1C(=N)[C@H](CC(=O)NCCOCCOCCOCCOCCOCCOCCC(=O)NCCCN(C)CCCNC(=O)CCNC(=O)c2nc(NC(=O)CCNC(=O)c3cc(NC(=O)c4nc(NC(=O)CCNC(=O)c5cc(NC(=O)c6nccn6C)cn5C)cn4C)cn3C)cn2C)N=C(c2ccc(Cl)cc2)c2c1sc(C)c2C. The second-order valence-corrected chi connectivity index (χ2v) is 29.1. The summed E-state index contributed by atoms with van der Waals surface area (Å²) in [6, 6.07) is 9.41. The smallest absolute Gasteiger partial charge is 0.291 e. The van der Waals surface area contributed by atoms with Crippen molar-refractivity contribution in [3.05, 3.63) is 129 Å². The molecule has 7 heterocycles. The maximum Gasteiger partial charge on any atom is 0.291 e. The van der Waals surface area contributed by atoms with Gasteiger partial charge in [-0.15, -0.1) is 11.3 Å². The van der Waals surface area contributed by atoms with Crippen molar-refractivity contribution in [2.75, 3.05) is 165 Å². The van der Waals surface area contributed by atoms with Crippen LogP contribution in [0.4, 0.5) is 28.0 Å². The standard InChI is InChI=1S/C77H106ClN23O16S/c1-49-50(2)118-77-66(49)67(52-12-14-53(78)15-13-52)90-56(68(80)101(77)51(3)79)44-65(106)83-26-31-113-33-35-115-37-39-117-41-40-116-38-36-114-34-32-112-30-19-62(103)82-21-11-28-95(4)27-10-20-81-61(102)16-22-87-74(109)70-93-59(47-99(70)8)91-63(104)17-23-86-73(108)58-43-55(46-98(58)7)89-76(111)71-94-60(48-100(71)9)92-64(105)18-24-85-72(107)57-42-54(45-97(57)6)88-75(110)69-84-25-29-96(69)5/h12-15,25,29,42-43,45-48,56,79-80H,10-11,16-24,26-28,30-41,44H2,1-9H3,(H,81,102)(H,82,103)(H,83,106)(H,85,107)(H,86,108)(H,87,109)(H,88,110)(H,89,111)(H,91,104)(H,92,105)/t56-/m0/s1. The van der Waals surface area contributed by atoms with Crippen molar-refractivity contribution in [3.8, 4) is 0 Å². The number of anilines is 5. The summed E-state index contributed by atoms with van der Waals surface area (Å²) in [4.78, 5) is 151. The number of amidine groups is 2. The van der Waals surface area contributed by atoms with Gasteiger partial charge in [-0.25, -0.2) is 15.0 Å². The van der Waals surface area contributed by atoms with Crippen molar-refractivity contribution >= 4 is 127 Å². The number of nitrogens with one attached hydrogen (secondary N) is 12. The fraction of sp³-hybridized carbons (Fsp3) is 0.481. The van der Waals surface area contributed by atoms with Gasteiger partial charge in [-0.2, -0.15) is 0 Å². The lowest BCUT2D eigenvalue weighted by Crippen LogP contribution is -2.42. The number of ether oxygens (including phenoxy) is 6. The minimum absolute atomic E-state index is 0.00505. The van der Waals surface area contributed by atoms with Crippen LogP contribution in [0.5, 0.6) is 0 Å². The van der Waals surface area contributed by atoms with Crippen LogP contribution in [0.15, 0.2) is 78.6 Å². The number of hydrogen-bond acceptors (Lipinski definition) is 24. The zero-order chi connectivity index (χ0) is 85.2. The van der Waals surface area contributed by atoms with Gasteiger partial charge in [0, 0.05) is 158 Å². The van der Waals surface area contributed by atoms with Crippen molar-refractivity contribution in [2.45, 2.75) is 71.8 Å². The van der Waals surface area contributed by atoms with Gasteiger partial charge in [0.15, 0.2) is 17.5 Å². The lowest BCUT2D eigenvalue weighted by atomic mass is 9.99. The third kappa shape index (κ3) is 29.1. The normalized spacial score (nSPS) is 12.5. The highest BCUT2D eigenvalue weighted by atomic mass is 35.5. The molecule has 1 aliphatic heterocycles. The highest BCUT2D eigenvalue weighted by Gasteiger charge is 2.35. The monoisotopic (exact) mass is 1680 g/mol. The van der Waals surface area contributed by atoms with E-state index in [1.165, 1.54) is 66.5 Å². The van der Waals surface area contributed by atoms with Crippen LogP contribution in [0, 0.1) is 24.7 Å². The first-order chi connectivity index (χ1) is 56.6.